The van der Waals surface area contributed by atoms with Crippen LogP contribution in [-0.4, -0.2) is 19.5 Å². The van der Waals surface area contributed by atoms with Gasteiger partial charge in [0.25, 0.3) is 0 Å². The molecule has 0 saturated carbocycles. The molecule has 2 N–H and O–H groups in total. The van der Waals surface area contributed by atoms with E-state index in [4.69, 9.17) is 5.73 Å². The van der Waals surface area contributed by atoms with Crippen LogP contribution in [0.15, 0.2) is 43.0 Å². The van der Waals surface area contributed by atoms with Gasteiger partial charge in [0.15, 0.2) is 0 Å². The first-order valence-electron chi connectivity index (χ1n) is 4.85. The number of hydrogen-bond donors (Lipinski definition) is 1. The minimum atomic E-state index is 0.481. The van der Waals surface area contributed by atoms with E-state index in [0.29, 0.717) is 11.8 Å². The number of nitrogens with two attached hydrogens (primary N) is 1. The fourth-order valence-corrected chi connectivity index (χ4v) is 1.58. The van der Waals surface area contributed by atoms with E-state index in [1.165, 1.54) is 0 Å². The Morgan fingerprint density at radius 1 is 1.12 bits per heavy atom. The van der Waals surface area contributed by atoms with Gasteiger partial charge in [0.1, 0.15) is 12.1 Å². The summed E-state index contributed by atoms with van der Waals surface area (Å²) in [5.41, 5.74) is 6.71. The molecule has 3 rings (SSSR count). The van der Waals surface area contributed by atoms with Crippen LogP contribution in [-0.2, 0) is 0 Å². The van der Waals surface area contributed by atoms with E-state index < -0.39 is 0 Å². The van der Waals surface area contributed by atoms with Crippen LogP contribution in [0.5, 0.6) is 0 Å². The van der Waals surface area contributed by atoms with Gasteiger partial charge in [0.05, 0.1) is 5.52 Å². The van der Waals surface area contributed by atoms with Crippen molar-refractivity contribution in [2.24, 2.45) is 0 Å². The van der Waals surface area contributed by atoms with E-state index in [1.54, 1.807) is 23.3 Å². The largest absolute Gasteiger partial charge is 0.383 e. The lowest BCUT2D eigenvalue weighted by Gasteiger charge is -2.04. The first-order chi connectivity index (χ1) is 7.84. The number of benzene rings is 1. The highest BCUT2D eigenvalue weighted by Gasteiger charge is 2.05. The fourth-order valence-electron chi connectivity index (χ4n) is 1.58. The van der Waals surface area contributed by atoms with Crippen LogP contribution in [0.1, 0.15) is 0 Å². The van der Waals surface area contributed by atoms with Crippen molar-refractivity contribution < 1.29 is 0 Å². The lowest BCUT2D eigenvalue weighted by atomic mass is 10.2. The number of nitrogens with zero attached hydrogens (tertiary/aromatic N) is 4. The summed E-state index contributed by atoms with van der Waals surface area (Å²) >= 11 is 0. The van der Waals surface area contributed by atoms with Crippen molar-refractivity contribution in [2.45, 2.75) is 0 Å². The van der Waals surface area contributed by atoms with Gasteiger partial charge in [0.2, 0.25) is 5.95 Å². The minimum absolute atomic E-state index is 0.481. The Balaban J connectivity index is 2.29. The smallest absolute Gasteiger partial charge is 0.237 e. The number of anilines is 1. The van der Waals surface area contributed by atoms with Gasteiger partial charge in [-0.2, -0.15) is 4.98 Å². The highest BCUT2D eigenvalue weighted by atomic mass is 15.2. The van der Waals surface area contributed by atoms with E-state index in [0.717, 1.165) is 10.9 Å². The molecule has 0 aliphatic rings. The summed E-state index contributed by atoms with van der Waals surface area (Å²) in [6, 6.07) is 7.65. The third-order valence-electron chi connectivity index (χ3n) is 2.36. The van der Waals surface area contributed by atoms with Crippen molar-refractivity contribution in [1.29, 1.82) is 0 Å². The lowest BCUT2D eigenvalue weighted by molar-refractivity contribution is 0.944. The average Bonchev–Trinajstić information content (AvgIpc) is 2.82. The number of fused-ring (bicyclic) bond motifs is 1. The maximum absolute atomic E-state index is 5.88. The molecule has 2 aromatic heterocycles. The molecule has 0 amide bonds. The molecule has 0 saturated heterocycles. The van der Waals surface area contributed by atoms with Crippen molar-refractivity contribution in [2.75, 3.05) is 5.73 Å². The van der Waals surface area contributed by atoms with Gasteiger partial charge in [0, 0.05) is 17.8 Å². The number of hydrogen-bond acceptors (Lipinski definition) is 4. The molecule has 0 aliphatic carbocycles. The lowest BCUT2D eigenvalue weighted by Crippen LogP contribution is -2.02. The molecule has 5 heteroatoms. The fraction of sp³-hybridized carbons (Fsp3) is 0. The molecule has 0 spiro atoms. The van der Waals surface area contributed by atoms with Gasteiger partial charge < -0.3 is 5.73 Å². The Hall–Kier alpha value is -2.43. The molecule has 0 bridgehead atoms. The van der Waals surface area contributed by atoms with Crippen molar-refractivity contribution in [3.05, 3.63) is 43.0 Å². The van der Waals surface area contributed by atoms with Crippen molar-refractivity contribution >= 4 is 16.7 Å². The predicted octanol–water partition coefficient (Wildman–Crippen LogP) is 1.40. The molecular weight excluding hydrogens is 202 g/mol. The van der Waals surface area contributed by atoms with Crippen LogP contribution in [0.3, 0.4) is 0 Å². The molecule has 5 nitrogen and oxygen atoms in total. The third-order valence-corrected chi connectivity index (χ3v) is 2.36. The highest BCUT2D eigenvalue weighted by molar-refractivity contribution is 5.88. The zero-order valence-electron chi connectivity index (χ0n) is 8.41. The van der Waals surface area contributed by atoms with E-state index in [-0.39, 0.29) is 0 Å². The molecule has 78 valence electrons. The summed E-state index contributed by atoms with van der Waals surface area (Å²) in [4.78, 5) is 12.6. The van der Waals surface area contributed by atoms with Gasteiger partial charge in [-0.1, -0.05) is 12.1 Å². The van der Waals surface area contributed by atoms with E-state index in [1.807, 2.05) is 24.3 Å². The standard InChI is InChI=1S/C11H9N5/c12-10-8-3-1-2-4-9(8)14-11(15-10)16-6-5-13-7-16/h1-7H,(H2,12,14,15). The number of aromatic nitrogens is 4. The first-order valence-corrected chi connectivity index (χ1v) is 4.85. The maximum atomic E-state index is 5.88. The Labute approximate surface area is 91.6 Å². The second-order valence-electron chi connectivity index (χ2n) is 3.40. The van der Waals surface area contributed by atoms with Crippen LogP contribution in [0.4, 0.5) is 5.82 Å². The average molecular weight is 211 g/mol. The molecule has 1 aromatic carbocycles. The van der Waals surface area contributed by atoms with Gasteiger partial charge in [-0.15, -0.1) is 0 Å². The predicted molar refractivity (Wildman–Crippen MR) is 61.1 cm³/mol. The molecule has 0 radical (unpaired) electrons. The highest BCUT2D eigenvalue weighted by Crippen LogP contribution is 2.18. The Morgan fingerprint density at radius 2 is 2.00 bits per heavy atom. The van der Waals surface area contributed by atoms with Crippen LogP contribution >= 0.6 is 0 Å². The van der Waals surface area contributed by atoms with Crippen LogP contribution < -0.4 is 5.73 Å². The second-order valence-corrected chi connectivity index (χ2v) is 3.40. The van der Waals surface area contributed by atoms with Crippen LogP contribution in [0.2, 0.25) is 0 Å². The summed E-state index contributed by atoms with van der Waals surface area (Å²) < 4.78 is 1.72. The second kappa shape index (κ2) is 3.30. The summed E-state index contributed by atoms with van der Waals surface area (Å²) in [6.45, 7) is 0. The Kier molecular flexibility index (Phi) is 1.83. The zero-order chi connectivity index (χ0) is 11.0. The maximum Gasteiger partial charge on any atom is 0.237 e. The molecule has 2 heterocycles. The van der Waals surface area contributed by atoms with Crippen molar-refractivity contribution in [3.63, 3.8) is 0 Å². The number of para-hydroxylation sites is 1. The van der Waals surface area contributed by atoms with Gasteiger partial charge in [-0.05, 0) is 12.1 Å². The first kappa shape index (κ1) is 8.84. The third kappa shape index (κ3) is 1.30. The Morgan fingerprint density at radius 3 is 2.81 bits per heavy atom. The molecule has 0 atom stereocenters. The van der Waals surface area contributed by atoms with E-state index in [2.05, 4.69) is 15.0 Å². The SMILES string of the molecule is Nc1nc(-n2ccnc2)nc2ccccc12. The number of nitrogen functional groups attached to an aromatic ring is 1. The van der Waals surface area contributed by atoms with Crippen LogP contribution in [0.25, 0.3) is 16.9 Å². The monoisotopic (exact) mass is 211 g/mol. The quantitative estimate of drug-likeness (QED) is 0.660. The van der Waals surface area contributed by atoms with Gasteiger partial charge in [-0.3, -0.25) is 4.57 Å². The molecule has 3 aromatic rings. The summed E-state index contributed by atoms with van der Waals surface area (Å²) in [5.74, 6) is 1.02. The molecule has 0 fully saturated rings. The van der Waals surface area contributed by atoms with Gasteiger partial charge >= 0.3 is 0 Å². The Bertz CT molecular complexity index is 630. The molecule has 0 unspecified atom stereocenters. The topological polar surface area (TPSA) is 69.6 Å². The minimum Gasteiger partial charge on any atom is -0.383 e. The normalized spacial score (nSPS) is 10.8. The van der Waals surface area contributed by atoms with E-state index >= 15 is 0 Å². The molecule has 16 heavy (non-hydrogen) atoms. The summed E-state index contributed by atoms with van der Waals surface area (Å²) in [5, 5.41) is 0.867. The van der Waals surface area contributed by atoms with Gasteiger partial charge in [-0.25, -0.2) is 9.97 Å². The van der Waals surface area contributed by atoms with Crippen molar-refractivity contribution in [3.8, 4) is 5.95 Å². The molecular formula is C11H9N5. The summed E-state index contributed by atoms with van der Waals surface area (Å²) in [6.07, 6.45) is 5.10. The number of rotatable bonds is 1. The zero-order valence-corrected chi connectivity index (χ0v) is 8.41. The summed E-state index contributed by atoms with van der Waals surface area (Å²) in [7, 11) is 0. The number of imidazole rings is 1. The van der Waals surface area contributed by atoms with E-state index in [9.17, 15) is 0 Å². The molecule has 0 aliphatic heterocycles. The van der Waals surface area contributed by atoms with Crippen LogP contribution in [0, 0.1) is 0 Å². The van der Waals surface area contributed by atoms with Crippen molar-refractivity contribution in [1.82, 2.24) is 19.5 Å².